The third-order valence-corrected chi connectivity index (χ3v) is 4.00. The van der Waals surface area contributed by atoms with E-state index >= 15 is 0 Å². The van der Waals surface area contributed by atoms with Crippen LogP contribution in [0.1, 0.15) is 37.4 Å². The lowest BCUT2D eigenvalue weighted by Gasteiger charge is -2.19. The molecule has 0 saturated carbocycles. The molecular weight excluding hydrogens is 295 g/mol. The zero-order valence-corrected chi connectivity index (χ0v) is 12.7. The van der Waals surface area contributed by atoms with Gasteiger partial charge in [0.25, 0.3) is 0 Å². The smallest absolute Gasteiger partial charge is 0.228 e. The Kier molecular flexibility index (Phi) is 3.30. The van der Waals surface area contributed by atoms with Crippen molar-refractivity contribution >= 4 is 29.2 Å². The second-order valence-electron chi connectivity index (χ2n) is 5.57. The van der Waals surface area contributed by atoms with Gasteiger partial charge in [0.1, 0.15) is 0 Å². The van der Waals surface area contributed by atoms with Crippen molar-refractivity contribution in [2.24, 2.45) is 0 Å². The molecule has 2 aromatic rings. The minimum absolute atomic E-state index is 0.0954. The lowest BCUT2D eigenvalue weighted by Crippen LogP contribution is -2.15. The molecule has 104 valence electrons. The second-order valence-corrected chi connectivity index (χ2v) is 6.25. The van der Waals surface area contributed by atoms with Crippen molar-refractivity contribution in [3.8, 4) is 0 Å². The fraction of sp³-hybridized carbons (Fsp3) is 0.357. The molecule has 0 fully saturated rings. The molecule has 3 rings (SSSR count). The summed E-state index contributed by atoms with van der Waals surface area (Å²) in [7, 11) is 0. The Morgan fingerprint density at radius 3 is 2.45 bits per heavy atom. The van der Waals surface area contributed by atoms with Crippen LogP contribution in [-0.4, -0.2) is 15.0 Å². The van der Waals surface area contributed by atoms with Gasteiger partial charge in [0.15, 0.2) is 0 Å². The largest absolute Gasteiger partial charge is 0.347 e. The topological polar surface area (TPSA) is 50.7 Å². The van der Waals surface area contributed by atoms with Crippen molar-refractivity contribution < 1.29 is 0 Å². The molecule has 1 atom stereocenters. The molecule has 0 unspecified atom stereocenters. The van der Waals surface area contributed by atoms with Crippen molar-refractivity contribution in [1.82, 2.24) is 15.0 Å². The summed E-state index contributed by atoms with van der Waals surface area (Å²) in [6, 6.07) is 8.56. The fourth-order valence-electron chi connectivity index (χ4n) is 2.82. The number of benzene rings is 1. The van der Waals surface area contributed by atoms with Crippen molar-refractivity contribution in [3.05, 3.63) is 46.0 Å². The first-order valence-electron chi connectivity index (χ1n) is 6.39. The van der Waals surface area contributed by atoms with E-state index in [2.05, 4.69) is 52.3 Å². The minimum atomic E-state index is 0.0954. The van der Waals surface area contributed by atoms with Gasteiger partial charge in [-0.15, -0.1) is 0 Å². The van der Waals surface area contributed by atoms with Gasteiger partial charge in [-0.3, -0.25) is 0 Å². The molecule has 20 heavy (non-hydrogen) atoms. The first-order valence-corrected chi connectivity index (χ1v) is 7.14. The van der Waals surface area contributed by atoms with Gasteiger partial charge in [-0.1, -0.05) is 38.1 Å². The Labute approximate surface area is 127 Å². The van der Waals surface area contributed by atoms with Gasteiger partial charge in [-0.05, 0) is 46.2 Å². The molecule has 1 aliphatic carbocycles. The molecule has 0 aliphatic heterocycles. The Morgan fingerprint density at radius 2 is 1.75 bits per heavy atom. The van der Waals surface area contributed by atoms with Crippen LogP contribution in [0.5, 0.6) is 0 Å². The van der Waals surface area contributed by atoms with Gasteiger partial charge in [0, 0.05) is 0 Å². The van der Waals surface area contributed by atoms with E-state index in [1.807, 2.05) is 6.07 Å². The van der Waals surface area contributed by atoms with E-state index in [4.69, 9.17) is 23.2 Å². The summed E-state index contributed by atoms with van der Waals surface area (Å²) < 4.78 is 0. The Bertz CT molecular complexity index is 637. The van der Waals surface area contributed by atoms with Crippen LogP contribution in [0.2, 0.25) is 10.6 Å². The normalized spacial score (nSPS) is 19.7. The Morgan fingerprint density at radius 1 is 1.10 bits per heavy atom. The molecule has 0 amide bonds. The van der Waals surface area contributed by atoms with Crippen molar-refractivity contribution in [2.75, 3.05) is 5.32 Å². The van der Waals surface area contributed by atoms with E-state index < -0.39 is 0 Å². The standard InChI is InChI=1S/C14H14Cl2N4/c1-14(2)7-10(8-5-3-4-6-9(8)14)17-13-19-11(15)18-12(16)20-13/h3-6,10H,7H2,1-2H3,(H,17,18,19,20)/t10-/m0/s1. The first-order chi connectivity index (χ1) is 9.45. The SMILES string of the molecule is CC1(C)C[C@H](Nc2nc(Cl)nc(Cl)n2)c2ccccc21. The van der Waals surface area contributed by atoms with Crippen molar-refractivity contribution in [1.29, 1.82) is 0 Å². The first kappa shape index (κ1) is 13.6. The second kappa shape index (κ2) is 4.86. The number of fused-ring (bicyclic) bond motifs is 1. The fourth-order valence-corrected chi connectivity index (χ4v) is 3.19. The highest BCUT2D eigenvalue weighted by Gasteiger charge is 2.36. The maximum absolute atomic E-state index is 5.81. The molecular formula is C14H14Cl2N4. The highest BCUT2D eigenvalue weighted by Crippen LogP contribution is 2.45. The molecule has 1 aromatic carbocycles. The van der Waals surface area contributed by atoms with E-state index in [1.165, 1.54) is 11.1 Å². The Hall–Kier alpha value is -1.39. The van der Waals surface area contributed by atoms with Crippen LogP contribution in [0.25, 0.3) is 0 Å². The lowest BCUT2D eigenvalue weighted by atomic mass is 9.86. The molecule has 0 bridgehead atoms. The number of rotatable bonds is 2. The number of anilines is 1. The van der Waals surface area contributed by atoms with E-state index in [9.17, 15) is 0 Å². The summed E-state index contributed by atoms with van der Waals surface area (Å²) in [6.07, 6.45) is 0.966. The van der Waals surface area contributed by atoms with Gasteiger partial charge in [-0.2, -0.15) is 15.0 Å². The number of hydrogen-bond donors (Lipinski definition) is 1. The summed E-state index contributed by atoms with van der Waals surface area (Å²) in [5, 5.41) is 3.49. The van der Waals surface area contributed by atoms with E-state index in [-0.39, 0.29) is 22.0 Å². The highest BCUT2D eigenvalue weighted by atomic mass is 35.5. The van der Waals surface area contributed by atoms with E-state index in [0.29, 0.717) is 5.95 Å². The monoisotopic (exact) mass is 308 g/mol. The maximum atomic E-state index is 5.81. The number of halogens is 2. The predicted molar refractivity (Wildman–Crippen MR) is 80.3 cm³/mol. The van der Waals surface area contributed by atoms with E-state index in [1.54, 1.807) is 0 Å². The molecule has 0 saturated heterocycles. The van der Waals surface area contributed by atoms with Crippen LogP contribution in [0.4, 0.5) is 5.95 Å². The maximum Gasteiger partial charge on any atom is 0.228 e. The van der Waals surface area contributed by atoms with Crippen LogP contribution < -0.4 is 5.32 Å². The lowest BCUT2D eigenvalue weighted by molar-refractivity contribution is 0.492. The van der Waals surface area contributed by atoms with Crippen LogP contribution >= 0.6 is 23.2 Å². The highest BCUT2D eigenvalue weighted by molar-refractivity contribution is 6.31. The quantitative estimate of drug-likeness (QED) is 0.910. The summed E-state index contributed by atoms with van der Waals surface area (Å²) in [4.78, 5) is 11.9. The van der Waals surface area contributed by atoms with Crippen molar-refractivity contribution in [3.63, 3.8) is 0 Å². The number of nitrogens with zero attached hydrogens (tertiary/aromatic N) is 3. The molecule has 1 N–H and O–H groups in total. The van der Waals surface area contributed by atoms with Gasteiger partial charge < -0.3 is 5.32 Å². The van der Waals surface area contributed by atoms with Gasteiger partial charge in [0.05, 0.1) is 6.04 Å². The third-order valence-electron chi connectivity index (χ3n) is 3.66. The molecule has 1 aliphatic rings. The zero-order valence-electron chi connectivity index (χ0n) is 11.2. The van der Waals surface area contributed by atoms with Gasteiger partial charge in [-0.25, -0.2) is 0 Å². The van der Waals surface area contributed by atoms with Crippen LogP contribution in [0, 0.1) is 0 Å². The summed E-state index contributed by atoms with van der Waals surface area (Å²) in [5.41, 5.74) is 2.74. The summed E-state index contributed by atoms with van der Waals surface area (Å²) in [6.45, 7) is 4.47. The van der Waals surface area contributed by atoms with Gasteiger partial charge >= 0.3 is 0 Å². The molecule has 4 nitrogen and oxygen atoms in total. The predicted octanol–water partition coefficient (Wildman–Crippen LogP) is 4.01. The van der Waals surface area contributed by atoms with Gasteiger partial charge in [0.2, 0.25) is 16.5 Å². The molecule has 1 aromatic heterocycles. The van der Waals surface area contributed by atoms with Crippen LogP contribution in [0.15, 0.2) is 24.3 Å². The minimum Gasteiger partial charge on any atom is -0.347 e. The van der Waals surface area contributed by atoms with Crippen LogP contribution in [-0.2, 0) is 5.41 Å². The molecule has 1 heterocycles. The number of nitrogens with one attached hydrogen (secondary N) is 1. The van der Waals surface area contributed by atoms with Crippen LogP contribution in [0.3, 0.4) is 0 Å². The van der Waals surface area contributed by atoms with E-state index in [0.717, 1.165) is 6.42 Å². The third kappa shape index (κ3) is 2.45. The Balaban J connectivity index is 1.93. The average molecular weight is 309 g/mol. The zero-order chi connectivity index (χ0) is 14.3. The number of aromatic nitrogens is 3. The number of hydrogen-bond acceptors (Lipinski definition) is 4. The average Bonchev–Trinajstić information content (AvgIpc) is 2.60. The molecule has 0 spiro atoms. The molecule has 6 heteroatoms. The summed E-state index contributed by atoms with van der Waals surface area (Å²) in [5.74, 6) is 0.410. The molecule has 0 radical (unpaired) electrons. The summed E-state index contributed by atoms with van der Waals surface area (Å²) >= 11 is 11.6. The van der Waals surface area contributed by atoms with Crippen molar-refractivity contribution in [2.45, 2.75) is 31.7 Å².